The molecule has 13 N–H and O–H groups in total. The van der Waals surface area contributed by atoms with E-state index in [-0.39, 0.29) is 63.8 Å². The number of ether oxygens (including phenoxy) is 4. The molecule has 18 nitrogen and oxygen atoms in total. The number of carbonyl (C=O) groups is 4. The van der Waals surface area contributed by atoms with Gasteiger partial charge in [-0.3, -0.25) is 4.79 Å². The fraction of sp³-hybridized carbons (Fsp3) is 0.532. The molecule has 2 aliphatic heterocycles. The molecule has 0 radical (unpaired) electrons. The molecule has 0 aliphatic carbocycles. The molecule has 520 valence electrons. The van der Waals surface area contributed by atoms with Crippen LogP contribution in [0.25, 0.3) is 0 Å². The number of nitrogens with two attached hydrogens (primary N) is 3. The highest BCUT2D eigenvalue weighted by Gasteiger charge is 2.36. The maximum Gasteiger partial charge on any atom is 0.407 e. The van der Waals surface area contributed by atoms with Crippen LogP contribution in [0.4, 0.5) is 49.5 Å². The molecule has 2 unspecified atom stereocenters. The number of alkyl carbamates (subject to hydrolysis) is 3. The number of nitrogens with one attached hydrogen (secondary N) is 6. The van der Waals surface area contributed by atoms with E-state index in [4.69, 9.17) is 24.1 Å². The second kappa shape index (κ2) is 43.2. The van der Waals surface area contributed by atoms with E-state index in [9.17, 15) is 54.3 Å². The van der Waals surface area contributed by atoms with Gasteiger partial charge in [0.05, 0.1) is 12.6 Å². The molecule has 4 aromatic carbocycles. The molecule has 0 bridgehead atoms. The van der Waals surface area contributed by atoms with Crippen LogP contribution >= 0.6 is 49.2 Å². The van der Waals surface area contributed by atoms with Crippen LogP contribution in [0.15, 0.2) is 72.8 Å². The lowest BCUT2D eigenvalue weighted by Gasteiger charge is -2.27. The van der Waals surface area contributed by atoms with E-state index in [0.29, 0.717) is 54.8 Å². The van der Waals surface area contributed by atoms with Gasteiger partial charge < -0.3 is 73.2 Å². The number of aliphatic hydroxyl groups excluding tert-OH is 1. The number of carbonyl (C=O) groups excluding carboxylic acids is 4. The second-order valence-corrected chi connectivity index (χ2v) is 26.5. The van der Waals surface area contributed by atoms with Crippen LogP contribution in [-0.4, -0.2) is 151 Å². The van der Waals surface area contributed by atoms with Crippen molar-refractivity contribution in [2.24, 2.45) is 17.2 Å². The molecule has 0 aromatic heterocycles. The van der Waals surface area contributed by atoms with Crippen molar-refractivity contribution in [2.75, 3.05) is 53.7 Å². The number of hydrogen-bond acceptors (Lipinski definition) is 16. The van der Waals surface area contributed by atoms with E-state index in [1.807, 2.05) is 0 Å². The zero-order valence-corrected chi connectivity index (χ0v) is 57.8. The molecule has 2 fully saturated rings. The zero-order chi connectivity index (χ0) is 70.9. The predicted molar refractivity (Wildman–Crippen MR) is 356 cm³/mol. The standard InChI is InChI=1S/C16H24F2N2O2S.C15H19F2NO3.C15H19F2NO2S.C13H18F2N2OS.CH4N2S.CH5N.CH4O/c1-16(2,3)22-15(21)20-13(14(23)9-19-4)7-10-5-11(17)8-12(18)6-10;1-15(2,3)21-14(19)18-12(13-8-20-13)6-9-4-10(16)7-11(17)5-9;1-15(2,3)20-14(19)18-12(13-8-21-13)6-9-4-10(16)7-11(17)5-9;1-8(18)17-12(13(19)7-16-2)5-9-3-10(14)6-11(15)4-9;2-1(3)4;2*1-2/h5-6,8,13-14,19,23H,7,9H2,1-4H3,(H,20,21);2*4-5,7,12-13H,6,8H2,1-3H3,(H,18,19);3-4,6,12-13,16,19H,5,7H2,1-2H3,(H,17,18);(H4,2,3,4);2H2,1H3;2H,1H3/t13-,14+;2*12?,13-;12-,13+;;;/m0010.../s1. The minimum absolute atomic E-state index is 0.000000000000000222. The van der Waals surface area contributed by atoms with E-state index in [0.717, 1.165) is 37.1 Å². The summed E-state index contributed by atoms with van der Waals surface area (Å²) in [7, 11) is 6.03. The van der Waals surface area contributed by atoms with Gasteiger partial charge in [0.25, 0.3) is 0 Å². The summed E-state index contributed by atoms with van der Waals surface area (Å²) in [5.74, 6) is -4.32. The first-order valence-corrected chi connectivity index (χ1v) is 31.2. The van der Waals surface area contributed by atoms with Gasteiger partial charge in [-0.15, -0.1) is 0 Å². The topological polar surface area (TPSA) is 279 Å². The number of thioether (sulfide) groups is 1. The summed E-state index contributed by atoms with van der Waals surface area (Å²) >= 11 is 14.6. The number of hydrogen-bond donors (Lipinski definition) is 12. The molecule has 30 heteroatoms. The van der Waals surface area contributed by atoms with Crippen LogP contribution in [-0.2, 0) is 49.4 Å². The summed E-state index contributed by atoms with van der Waals surface area (Å²) in [6, 6.07) is 12.1. The van der Waals surface area contributed by atoms with Crippen molar-refractivity contribution < 1.29 is 78.4 Å². The third-order valence-corrected chi connectivity index (χ3v) is 13.5. The fourth-order valence-electron chi connectivity index (χ4n) is 7.96. The van der Waals surface area contributed by atoms with Crippen molar-refractivity contribution in [3.05, 3.63) is 142 Å². The Morgan fingerprint density at radius 2 is 0.793 bits per heavy atom. The molecular formula is C62H93F8N9O9S4. The average molecular weight is 1390 g/mol. The summed E-state index contributed by atoms with van der Waals surface area (Å²) in [5, 5.41) is 23.7. The van der Waals surface area contributed by atoms with Crippen LogP contribution in [0.2, 0.25) is 0 Å². The normalized spacial score (nSPS) is 15.5. The van der Waals surface area contributed by atoms with Gasteiger partial charge >= 0.3 is 18.3 Å². The molecule has 2 heterocycles. The van der Waals surface area contributed by atoms with Crippen molar-refractivity contribution in [3.8, 4) is 0 Å². The number of benzene rings is 4. The van der Waals surface area contributed by atoms with Crippen molar-refractivity contribution in [2.45, 2.75) is 158 Å². The van der Waals surface area contributed by atoms with Gasteiger partial charge in [0.1, 0.15) is 69.4 Å². The monoisotopic (exact) mass is 1390 g/mol. The number of thiol groups is 2. The second-order valence-electron chi connectivity index (χ2n) is 23.4. The van der Waals surface area contributed by atoms with E-state index in [1.54, 1.807) is 88.2 Å². The first kappa shape index (κ1) is 86.1. The molecule has 6 rings (SSSR count). The van der Waals surface area contributed by atoms with Crippen LogP contribution < -0.4 is 49.1 Å². The van der Waals surface area contributed by atoms with Crippen molar-refractivity contribution in [1.29, 1.82) is 0 Å². The average Bonchev–Trinajstić information content (AvgIpc) is 1.90. The van der Waals surface area contributed by atoms with Gasteiger partial charge in [0.15, 0.2) is 5.11 Å². The molecule has 2 aliphatic rings. The summed E-state index contributed by atoms with van der Waals surface area (Å²) in [6.07, 6.45) is -0.590. The van der Waals surface area contributed by atoms with Gasteiger partial charge in [-0.1, -0.05) is 0 Å². The van der Waals surface area contributed by atoms with Gasteiger partial charge in [-0.25, -0.2) is 49.5 Å². The maximum atomic E-state index is 13.3. The highest BCUT2D eigenvalue weighted by Crippen LogP contribution is 2.35. The number of aliphatic hydroxyl groups is 1. The summed E-state index contributed by atoms with van der Waals surface area (Å²) < 4.78 is 127. The summed E-state index contributed by atoms with van der Waals surface area (Å²) in [6.45, 7) is 18.9. The Balaban J connectivity index is 0.00000116. The Morgan fingerprint density at radius 1 is 0.543 bits per heavy atom. The number of thiocarbonyl (C=S) groups is 1. The fourth-order valence-corrected chi connectivity index (χ4v) is 9.43. The zero-order valence-electron chi connectivity index (χ0n) is 54.4. The molecule has 2 saturated heterocycles. The van der Waals surface area contributed by atoms with Crippen molar-refractivity contribution in [1.82, 2.24) is 31.9 Å². The first-order chi connectivity index (χ1) is 42.7. The van der Waals surface area contributed by atoms with Crippen LogP contribution in [0.3, 0.4) is 0 Å². The van der Waals surface area contributed by atoms with Crippen LogP contribution in [0.1, 0.15) is 91.5 Å². The van der Waals surface area contributed by atoms with Crippen molar-refractivity contribution in [3.63, 3.8) is 0 Å². The SMILES string of the molecule is CC(C)(C)OC(=O)NC(Cc1cc(F)cc(F)c1)[C@@H]1CO1.CC(C)(C)OC(=O)NC(Cc1cc(F)cc(F)c1)[C@H]1CS1.CN.CNC[C@@H](S)[C@H](Cc1cc(F)cc(F)c1)NC(=O)OC(C)(C)C.CNC[C@@H](S)[C@H](Cc1cc(F)cc(F)c1)NC(C)=O.CO.NC(N)=S. The Hall–Kier alpha value is -5.86. The Kier molecular flexibility index (Phi) is 40.4. The highest BCUT2D eigenvalue weighted by molar-refractivity contribution is 8.07. The number of epoxide rings is 1. The molecular weight excluding hydrogens is 1290 g/mol. The Bertz CT molecular complexity index is 2710. The molecule has 8 atom stereocenters. The molecule has 4 aromatic rings. The van der Waals surface area contributed by atoms with E-state index >= 15 is 0 Å². The Labute approximate surface area is 556 Å². The van der Waals surface area contributed by atoms with E-state index in [1.165, 1.54) is 62.5 Å². The Morgan fingerprint density at radius 3 is 1.04 bits per heavy atom. The minimum Gasteiger partial charge on any atom is -0.444 e. The van der Waals surface area contributed by atoms with Gasteiger partial charge in [0, 0.05) is 91.0 Å². The lowest BCUT2D eigenvalue weighted by Crippen LogP contribution is -2.47. The summed E-state index contributed by atoms with van der Waals surface area (Å²) in [5.41, 5.74) is 13.9. The third kappa shape index (κ3) is 42.4. The third-order valence-electron chi connectivity index (χ3n) is 11.4. The van der Waals surface area contributed by atoms with Gasteiger partial charge in [-0.05, 0) is 192 Å². The van der Waals surface area contributed by atoms with Crippen LogP contribution in [0, 0.1) is 46.5 Å². The lowest BCUT2D eigenvalue weighted by atomic mass is 10.0. The quantitative estimate of drug-likeness (QED) is 0.0129. The molecule has 0 spiro atoms. The summed E-state index contributed by atoms with van der Waals surface area (Å²) in [4.78, 5) is 46.8. The van der Waals surface area contributed by atoms with E-state index < -0.39 is 87.7 Å². The number of amides is 4. The van der Waals surface area contributed by atoms with Crippen molar-refractivity contribution >= 4 is 78.5 Å². The number of rotatable bonds is 20. The smallest absolute Gasteiger partial charge is 0.407 e. The minimum atomic E-state index is -0.652. The molecule has 92 heavy (non-hydrogen) atoms. The molecule has 0 saturated carbocycles. The van der Waals surface area contributed by atoms with Crippen LogP contribution in [0.5, 0.6) is 0 Å². The lowest BCUT2D eigenvalue weighted by molar-refractivity contribution is -0.119. The maximum absolute atomic E-state index is 13.3. The first-order valence-electron chi connectivity index (χ1n) is 28.7. The highest BCUT2D eigenvalue weighted by atomic mass is 32.2. The largest absolute Gasteiger partial charge is 0.444 e. The van der Waals surface area contributed by atoms with Gasteiger partial charge in [0.2, 0.25) is 5.91 Å². The van der Waals surface area contributed by atoms with E-state index in [2.05, 4.69) is 86.6 Å². The van der Waals surface area contributed by atoms with Gasteiger partial charge in [-0.2, -0.15) is 37.0 Å². The number of halogens is 8. The molecule has 4 amide bonds. The predicted octanol–water partition coefficient (Wildman–Crippen LogP) is 9.14.